The highest BCUT2D eigenvalue weighted by molar-refractivity contribution is 5.80. The summed E-state index contributed by atoms with van der Waals surface area (Å²) in [6.07, 6.45) is 6.22. The molecule has 0 aromatic carbocycles. The van der Waals surface area contributed by atoms with Crippen molar-refractivity contribution in [2.24, 2.45) is 0 Å². The van der Waals surface area contributed by atoms with Crippen LogP contribution in [-0.2, 0) is 4.79 Å². The Morgan fingerprint density at radius 1 is 1.39 bits per heavy atom. The predicted molar refractivity (Wildman–Crippen MR) is 69.5 cm³/mol. The zero-order chi connectivity index (χ0) is 13.5. The fourth-order valence-corrected chi connectivity index (χ4v) is 1.97. The van der Waals surface area contributed by atoms with E-state index in [1.54, 1.807) is 0 Å². The number of aliphatic carboxylic acids is 1. The van der Waals surface area contributed by atoms with Crippen LogP contribution < -0.4 is 5.32 Å². The van der Waals surface area contributed by atoms with Gasteiger partial charge in [-0.2, -0.15) is 0 Å². The minimum Gasteiger partial charge on any atom is -0.480 e. The van der Waals surface area contributed by atoms with Gasteiger partial charge in [-0.3, -0.25) is 4.79 Å². The third-order valence-corrected chi connectivity index (χ3v) is 3.16. The normalized spacial score (nSPS) is 16.1. The molecule has 0 bridgehead atoms. The van der Waals surface area contributed by atoms with Crippen molar-refractivity contribution in [3.8, 4) is 0 Å². The summed E-state index contributed by atoms with van der Waals surface area (Å²) in [5, 5.41) is 11.7. The van der Waals surface area contributed by atoms with E-state index >= 15 is 0 Å². The fraction of sp³-hybridized carbons (Fsp3) is 0.846. The molecule has 5 heteroatoms. The minimum absolute atomic E-state index is 0.110. The van der Waals surface area contributed by atoms with Crippen LogP contribution in [0.3, 0.4) is 0 Å². The molecule has 0 aliphatic heterocycles. The molecule has 1 aliphatic carbocycles. The van der Waals surface area contributed by atoms with Crippen LogP contribution in [0.25, 0.3) is 0 Å². The fourth-order valence-electron chi connectivity index (χ4n) is 1.97. The Balaban J connectivity index is 2.33. The number of carboxylic acid groups (broad SMARTS) is 1. The lowest BCUT2D eigenvalue weighted by atomic mass is 10.1. The third-order valence-electron chi connectivity index (χ3n) is 3.16. The lowest BCUT2D eigenvalue weighted by Crippen LogP contribution is -2.47. The van der Waals surface area contributed by atoms with E-state index in [-0.39, 0.29) is 24.7 Å². The first-order chi connectivity index (χ1) is 8.54. The van der Waals surface area contributed by atoms with Crippen LogP contribution in [0.15, 0.2) is 0 Å². The van der Waals surface area contributed by atoms with Gasteiger partial charge in [0.2, 0.25) is 0 Å². The first-order valence-electron chi connectivity index (χ1n) is 6.83. The highest BCUT2D eigenvalue weighted by atomic mass is 16.4. The summed E-state index contributed by atoms with van der Waals surface area (Å²) < 4.78 is 0. The van der Waals surface area contributed by atoms with E-state index in [0.29, 0.717) is 0 Å². The number of unbranched alkanes of at least 4 members (excludes halogenated alkanes) is 2. The SMILES string of the molecule is CCCCCC(C)NC(=O)N(CC(=O)O)C1CC1. The Bertz CT molecular complexity index is 290. The molecule has 0 aromatic heterocycles. The average Bonchev–Trinajstić information content (AvgIpc) is 3.09. The second-order valence-corrected chi connectivity index (χ2v) is 5.10. The van der Waals surface area contributed by atoms with Crippen molar-refractivity contribution < 1.29 is 14.7 Å². The monoisotopic (exact) mass is 256 g/mol. The first kappa shape index (κ1) is 14.8. The molecule has 1 aliphatic rings. The largest absolute Gasteiger partial charge is 0.480 e. The molecule has 0 spiro atoms. The van der Waals surface area contributed by atoms with E-state index in [1.165, 1.54) is 11.3 Å². The van der Waals surface area contributed by atoms with Gasteiger partial charge in [0.05, 0.1) is 0 Å². The lowest BCUT2D eigenvalue weighted by molar-refractivity contribution is -0.137. The number of amides is 2. The lowest BCUT2D eigenvalue weighted by Gasteiger charge is -2.23. The number of carbonyl (C=O) groups excluding carboxylic acids is 1. The molecule has 104 valence electrons. The Kier molecular flexibility index (Phi) is 5.95. The predicted octanol–water partition coefficient (Wildman–Crippen LogP) is 2.21. The number of carboxylic acids is 1. The van der Waals surface area contributed by atoms with E-state index in [9.17, 15) is 9.59 Å². The molecule has 0 heterocycles. The third kappa shape index (κ3) is 5.38. The van der Waals surface area contributed by atoms with Crippen molar-refractivity contribution in [2.45, 2.75) is 64.5 Å². The van der Waals surface area contributed by atoms with Gasteiger partial charge in [0.1, 0.15) is 6.54 Å². The van der Waals surface area contributed by atoms with Gasteiger partial charge in [0.15, 0.2) is 0 Å². The molecule has 2 amide bonds. The van der Waals surface area contributed by atoms with Crippen molar-refractivity contribution in [3.05, 3.63) is 0 Å². The zero-order valence-corrected chi connectivity index (χ0v) is 11.3. The van der Waals surface area contributed by atoms with Gasteiger partial charge in [-0.25, -0.2) is 4.79 Å². The standard InChI is InChI=1S/C13H24N2O3/c1-3-4-5-6-10(2)14-13(18)15(9-12(16)17)11-7-8-11/h10-11H,3-9H2,1-2H3,(H,14,18)(H,16,17). The molecule has 1 fully saturated rings. The molecule has 18 heavy (non-hydrogen) atoms. The summed E-state index contributed by atoms with van der Waals surface area (Å²) in [5.41, 5.74) is 0. The molecule has 1 saturated carbocycles. The molecule has 5 nitrogen and oxygen atoms in total. The number of nitrogens with one attached hydrogen (secondary N) is 1. The van der Waals surface area contributed by atoms with Gasteiger partial charge >= 0.3 is 12.0 Å². The summed E-state index contributed by atoms with van der Waals surface area (Å²) in [6, 6.07) is 0.00642. The maximum absolute atomic E-state index is 12.0. The molecule has 1 atom stereocenters. The van der Waals surface area contributed by atoms with Gasteiger partial charge < -0.3 is 15.3 Å². The quantitative estimate of drug-likeness (QED) is 0.654. The van der Waals surface area contributed by atoms with Crippen LogP contribution in [0.1, 0.15) is 52.4 Å². The Morgan fingerprint density at radius 2 is 2.06 bits per heavy atom. The van der Waals surface area contributed by atoms with E-state index in [0.717, 1.165) is 32.1 Å². The summed E-state index contributed by atoms with van der Waals surface area (Å²) in [4.78, 5) is 24.1. The van der Waals surface area contributed by atoms with Crippen LogP contribution in [0.2, 0.25) is 0 Å². The van der Waals surface area contributed by atoms with Crippen molar-refractivity contribution in [1.29, 1.82) is 0 Å². The van der Waals surface area contributed by atoms with E-state index < -0.39 is 5.97 Å². The molecule has 1 rings (SSSR count). The Morgan fingerprint density at radius 3 is 2.56 bits per heavy atom. The summed E-state index contributed by atoms with van der Waals surface area (Å²) >= 11 is 0. The van der Waals surface area contributed by atoms with Gasteiger partial charge in [-0.15, -0.1) is 0 Å². The number of carbonyl (C=O) groups is 2. The molecular weight excluding hydrogens is 232 g/mol. The summed E-state index contributed by atoms with van der Waals surface area (Å²) in [5.74, 6) is -0.948. The Labute approximate surface area is 109 Å². The number of rotatable bonds is 8. The van der Waals surface area contributed by atoms with Crippen molar-refractivity contribution in [3.63, 3.8) is 0 Å². The van der Waals surface area contributed by atoms with Gasteiger partial charge in [0.25, 0.3) is 0 Å². The van der Waals surface area contributed by atoms with Crippen LogP contribution in [0, 0.1) is 0 Å². The average molecular weight is 256 g/mol. The summed E-state index contributed by atoms with van der Waals surface area (Å²) in [6.45, 7) is 3.92. The number of hydrogen-bond donors (Lipinski definition) is 2. The van der Waals surface area contributed by atoms with Gasteiger partial charge in [0, 0.05) is 12.1 Å². The molecule has 0 aromatic rings. The second-order valence-electron chi connectivity index (χ2n) is 5.10. The molecule has 1 unspecified atom stereocenters. The van der Waals surface area contributed by atoms with Gasteiger partial charge in [-0.05, 0) is 26.2 Å². The van der Waals surface area contributed by atoms with E-state index in [1.807, 2.05) is 6.92 Å². The van der Waals surface area contributed by atoms with Gasteiger partial charge in [-0.1, -0.05) is 26.2 Å². The number of nitrogens with zero attached hydrogens (tertiary/aromatic N) is 1. The molecule has 2 N–H and O–H groups in total. The van der Waals surface area contributed by atoms with Crippen molar-refractivity contribution in [2.75, 3.05) is 6.54 Å². The van der Waals surface area contributed by atoms with Crippen LogP contribution in [0.5, 0.6) is 0 Å². The number of urea groups is 1. The number of hydrogen-bond acceptors (Lipinski definition) is 2. The smallest absolute Gasteiger partial charge is 0.323 e. The maximum atomic E-state index is 12.0. The summed E-state index contributed by atoms with van der Waals surface area (Å²) in [7, 11) is 0. The molecule has 0 radical (unpaired) electrons. The first-order valence-corrected chi connectivity index (χ1v) is 6.83. The minimum atomic E-state index is -0.948. The topological polar surface area (TPSA) is 69.6 Å². The molecule has 0 saturated heterocycles. The van der Waals surface area contributed by atoms with E-state index in [4.69, 9.17) is 5.11 Å². The highest BCUT2D eigenvalue weighted by Crippen LogP contribution is 2.26. The molecular formula is C13H24N2O3. The van der Waals surface area contributed by atoms with Crippen LogP contribution >= 0.6 is 0 Å². The van der Waals surface area contributed by atoms with Crippen molar-refractivity contribution >= 4 is 12.0 Å². The van der Waals surface area contributed by atoms with Crippen LogP contribution in [-0.4, -0.2) is 40.6 Å². The van der Waals surface area contributed by atoms with E-state index in [2.05, 4.69) is 12.2 Å². The maximum Gasteiger partial charge on any atom is 0.323 e. The Hall–Kier alpha value is -1.26. The zero-order valence-electron chi connectivity index (χ0n) is 11.3. The van der Waals surface area contributed by atoms with Crippen LogP contribution in [0.4, 0.5) is 4.79 Å². The highest BCUT2D eigenvalue weighted by Gasteiger charge is 2.34. The van der Waals surface area contributed by atoms with Crippen molar-refractivity contribution in [1.82, 2.24) is 10.2 Å². The second kappa shape index (κ2) is 7.24.